The van der Waals surface area contributed by atoms with Crippen LogP contribution < -0.4 is 5.73 Å². The monoisotopic (exact) mass is 657 g/mol. The van der Waals surface area contributed by atoms with Crippen molar-refractivity contribution in [2.45, 2.75) is 125 Å². The number of rotatable bonds is 9. The molecule has 1 aliphatic rings. The molecule has 2 amide bonds. The molecule has 2 aromatic heterocycles. The van der Waals surface area contributed by atoms with E-state index in [1.165, 1.54) is 12.1 Å². The van der Waals surface area contributed by atoms with Crippen LogP contribution in [0.1, 0.15) is 130 Å². The highest BCUT2D eigenvalue weighted by molar-refractivity contribution is 6.30. The summed E-state index contributed by atoms with van der Waals surface area (Å²) in [5, 5.41) is 0.0663. The minimum atomic E-state index is -0.500. The van der Waals surface area contributed by atoms with Crippen LogP contribution in [-0.4, -0.2) is 40.1 Å². The van der Waals surface area contributed by atoms with E-state index < -0.39 is 11.2 Å². The molecule has 0 atom stereocenters. The third-order valence-electron chi connectivity index (χ3n) is 8.81. The van der Waals surface area contributed by atoms with E-state index in [0.717, 1.165) is 56.8 Å². The average molecular weight is 658 g/mol. The van der Waals surface area contributed by atoms with Gasteiger partial charge in [-0.15, -0.1) is 0 Å². The Morgan fingerprint density at radius 1 is 1.07 bits per heavy atom. The van der Waals surface area contributed by atoms with Crippen molar-refractivity contribution in [3.05, 3.63) is 52.5 Å². The van der Waals surface area contributed by atoms with Crippen molar-refractivity contribution in [3.8, 4) is 11.3 Å². The molecule has 3 aromatic rings. The van der Waals surface area contributed by atoms with Gasteiger partial charge in [0.05, 0.1) is 16.1 Å². The summed E-state index contributed by atoms with van der Waals surface area (Å²) in [4.78, 5) is 41.5. The molecule has 7 nitrogen and oxygen atoms in total. The Hall–Kier alpha value is -3.26. The first-order chi connectivity index (χ1) is 21.6. The van der Waals surface area contributed by atoms with Gasteiger partial charge in [0.15, 0.2) is 11.3 Å². The zero-order chi connectivity index (χ0) is 34.9. The lowest BCUT2D eigenvalue weighted by atomic mass is 9.71. The van der Waals surface area contributed by atoms with Crippen molar-refractivity contribution in [2.24, 2.45) is 11.1 Å². The van der Waals surface area contributed by atoms with Gasteiger partial charge in [-0.1, -0.05) is 85.4 Å². The standard InChI is InChI=1S/C26H32ClFN2O2.C9H15NO2.C2H6/c1-8-12-30(26(6,7)9-2)24(31)22-15-21-23(32-22)17(25(3,4)5)14-20(29-21)16-10-11-18(27)19(28)13-16;10-8(12)9(6-7-11)4-2-1-3-5-9;1-2/h10-11,13-15H,8-9,12H2,1-7H3;7H,1-6H2,(H2,10,12);1-2H3. The quantitative estimate of drug-likeness (QED) is 0.231. The second-order valence-electron chi connectivity index (χ2n) is 13.5. The second kappa shape index (κ2) is 16.5. The SMILES string of the molecule is CC.CCCN(C(=O)c1cc2nc(-c3ccc(Cl)c(F)c3)cc(C(C)(C)C)c2o1)C(C)(C)CC.NC(=O)C1(CC=O)CCCCC1. The molecule has 0 spiro atoms. The minimum absolute atomic E-state index is 0.0663. The van der Waals surface area contributed by atoms with Gasteiger partial charge < -0.3 is 19.8 Å². The van der Waals surface area contributed by atoms with Gasteiger partial charge in [-0.05, 0) is 63.1 Å². The predicted octanol–water partition coefficient (Wildman–Crippen LogP) is 9.66. The van der Waals surface area contributed by atoms with E-state index in [2.05, 4.69) is 48.5 Å². The van der Waals surface area contributed by atoms with Gasteiger partial charge in [-0.25, -0.2) is 9.37 Å². The normalized spacial score (nSPS) is 14.4. The highest BCUT2D eigenvalue weighted by atomic mass is 35.5. The molecule has 9 heteroatoms. The molecule has 254 valence electrons. The molecule has 1 aromatic carbocycles. The Morgan fingerprint density at radius 2 is 1.70 bits per heavy atom. The van der Waals surface area contributed by atoms with Crippen molar-refractivity contribution in [1.82, 2.24) is 9.88 Å². The molecule has 0 saturated heterocycles. The third-order valence-corrected chi connectivity index (χ3v) is 9.12. The van der Waals surface area contributed by atoms with E-state index in [1.54, 1.807) is 12.1 Å². The minimum Gasteiger partial charge on any atom is -0.449 e. The first-order valence-corrected chi connectivity index (χ1v) is 16.9. The first-order valence-electron chi connectivity index (χ1n) is 16.6. The molecule has 1 saturated carbocycles. The van der Waals surface area contributed by atoms with Crippen molar-refractivity contribution in [3.63, 3.8) is 0 Å². The Labute approximate surface area is 279 Å². The molecule has 46 heavy (non-hydrogen) atoms. The highest BCUT2D eigenvalue weighted by Gasteiger charge is 2.37. The number of fused-ring (bicyclic) bond motifs is 1. The van der Waals surface area contributed by atoms with Crippen LogP contribution >= 0.6 is 11.6 Å². The summed E-state index contributed by atoms with van der Waals surface area (Å²) in [5.74, 6) is -0.666. The number of hydrogen-bond donors (Lipinski definition) is 1. The van der Waals surface area contributed by atoms with Crippen LogP contribution in [-0.2, 0) is 15.0 Å². The fourth-order valence-electron chi connectivity index (χ4n) is 5.65. The smallest absolute Gasteiger partial charge is 0.290 e. The maximum atomic E-state index is 14.1. The summed E-state index contributed by atoms with van der Waals surface area (Å²) >= 11 is 5.86. The molecule has 2 heterocycles. The van der Waals surface area contributed by atoms with Crippen LogP contribution in [0.3, 0.4) is 0 Å². The van der Waals surface area contributed by atoms with Crippen LogP contribution in [0.25, 0.3) is 22.4 Å². The van der Waals surface area contributed by atoms with Gasteiger partial charge in [0.1, 0.15) is 17.6 Å². The summed E-state index contributed by atoms with van der Waals surface area (Å²) in [7, 11) is 0. The molecule has 0 radical (unpaired) electrons. The van der Waals surface area contributed by atoms with E-state index in [-0.39, 0.29) is 33.6 Å². The zero-order valence-corrected chi connectivity index (χ0v) is 29.9. The topological polar surface area (TPSA) is 106 Å². The molecule has 1 fully saturated rings. The number of primary amides is 1. The molecule has 0 unspecified atom stereocenters. The van der Waals surface area contributed by atoms with Crippen molar-refractivity contribution >= 4 is 40.8 Å². The number of amides is 2. The lowest BCUT2D eigenvalue weighted by Crippen LogP contribution is -2.47. The molecule has 0 aliphatic heterocycles. The number of nitrogens with zero attached hydrogens (tertiary/aromatic N) is 2. The van der Waals surface area contributed by atoms with Gasteiger partial charge in [0.25, 0.3) is 5.91 Å². The number of halogens is 2. The van der Waals surface area contributed by atoms with E-state index >= 15 is 0 Å². The lowest BCUT2D eigenvalue weighted by molar-refractivity contribution is -0.132. The molecule has 4 rings (SSSR count). The number of hydrogen-bond acceptors (Lipinski definition) is 5. The summed E-state index contributed by atoms with van der Waals surface area (Å²) < 4.78 is 20.2. The van der Waals surface area contributed by atoms with Gasteiger partial charge in [0, 0.05) is 35.7 Å². The second-order valence-corrected chi connectivity index (χ2v) is 13.9. The Kier molecular flexibility index (Phi) is 14.0. The van der Waals surface area contributed by atoms with Gasteiger partial charge in [-0.3, -0.25) is 9.59 Å². The Balaban J connectivity index is 0.000000439. The molecule has 1 aliphatic carbocycles. The predicted molar refractivity (Wildman–Crippen MR) is 186 cm³/mol. The number of benzene rings is 1. The van der Waals surface area contributed by atoms with Crippen molar-refractivity contribution < 1.29 is 23.2 Å². The lowest BCUT2D eigenvalue weighted by Gasteiger charge is -2.37. The molecule has 0 bridgehead atoms. The van der Waals surface area contributed by atoms with Crippen molar-refractivity contribution in [2.75, 3.05) is 6.54 Å². The number of aromatic nitrogens is 1. The van der Waals surface area contributed by atoms with Crippen LogP contribution in [0.5, 0.6) is 0 Å². The van der Waals surface area contributed by atoms with Crippen molar-refractivity contribution in [1.29, 1.82) is 0 Å². The largest absolute Gasteiger partial charge is 0.449 e. The first kappa shape index (κ1) is 38.9. The van der Waals surface area contributed by atoms with E-state index in [0.29, 0.717) is 35.3 Å². The number of nitrogens with two attached hydrogens (primary N) is 1. The number of pyridine rings is 1. The summed E-state index contributed by atoms with van der Waals surface area (Å²) in [6.07, 6.45) is 7.60. The summed E-state index contributed by atoms with van der Waals surface area (Å²) in [5.41, 5.74) is 7.53. The molecular formula is C37H53ClFN3O4. The van der Waals surface area contributed by atoms with E-state index in [1.807, 2.05) is 24.8 Å². The van der Waals surface area contributed by atoms with Gasteiger partial charge in [0.2, 0.25) is 5.91 Å². The maximum Gasteiger partial charge on any atom is 0.290 e. The zero-order valence-electron chi connectivity index (χ0n) is 29.2. The van der Waals surface area contributed by atoms with Crippen LogP contribution in [0.2, 0.25) is 5.02 Å². The number of carbonyl (C=O) groups excluding carboxylic acids is 3. The van der Waals surface area contributed by atoms with Crippen LogP contribution in [0.4, 0.5) is 4.39 Å². The van der Waals surface area contributed by atoms with E-state index in [9.17, 15) is 18.8 Å². The molecule has 2 N–H and O–H groups in total. The number of furan rings is 1. The number of carbonyl (C=O) groups is 3. The third kappa shape index (κ3) is 9.18. The number of aldehydes is 1. The summed E-state index contributed by atoms with van der Waals surface area (Å²) in [6.45, 7) is 19.1. The van der Waals surface area contributed by atoms with Gasteiger partial charge in [-0.2, -0.15) is 0 Å². The Bertz CT molecular complexity index is 1490. The summed E-state index contributed by atoms with van der Waals surface area (Å²) in [6, 6.07) is 8.25. The maximum absolute atomic E-state index is 14.1. The highest BCUT2D eigenvalue weighted by Crippen LogP contribution is 2.38. The van der Waals surface area contributed by atoms with Crippen LogP contribution in [0.15, 0.2) is 34.7 Å². The van der Waals surface area contributed by atoms with E-state index in [4.69, 9.17) is 26.7 Å². The average Bonchev–Trinajstić information content (AvgIpc) is 3.46. The fourth-order valence-corrected chi connectivity index (χ4v) is 5.77. The van der Waals surface area contributed by atoms with Crippen LogP contribution in [0, 0.1) is 11.2 Å². The van der Waals surface area contributed by atoms with Gasteiger partial charge >= 0.3 is 0 Å². The molecular weight excluding hydrogens is 605 g/mol. The Morgan fingerprint density at radius 3 is 2.20 bits per heavy atom. The fraction of sp³-hybridized carbons (Fsp3) is 0.568.